The van der Waals surface area contributed by atoms with Crippen LogP contribution in [0.3, 0.4) is 0 Å². The second-order valence-electron chi connectivity index (χ2n) is 5.53. The molecule has 0 aliphatic carbocycles. The number of likely N-dealkylation sites (N-methyl/N-ethyl adjacent to an activating group) is 1. The van der Waals surface area contributed by atoms with Crippen LogP contribution in [0.1, 0.15) is 13.8 Å². The molecular formula is C16H24N6. The van der Waals surface area contributed by atoms with Crippen molar-refractivity contribution < 1.29 is 0 Å². The number of pyridine rings is 1. The minimum absolute atomic E-state index is 0.572. The molecule has 0 unspecified atom stereocenters. The van der Waals surface area contributed by atoms with Gasteiger partial charge in [-0.15, -0.1) is 0 Å². The Balaban J connectivity index is 2.03. The number of aromatic nitrogens is 3. The molecule has 0 amide bonds. The molecule has 22 heavy (non-hydrogen) atoms. The molecule has 0 radical (unpaired) electrons. The fraction of sp³-hybridized carbons (Fsp3) is 0.438. The van der Waals surface area contributed by atoms with Crippen molar-refractivity contribution >= 4 is 11.6 Å². The Morgan fingerprint density at radius 2 is 1.86 bits per heavy atom. The average molecular weight is 300 g/mol. The van der Waals surface area contributed by atoms with E-state index in [4.69, 9.17) is 0 Å². The second-order valence-corrected chi connectivity index (χ2v) is 5.53. The van der Waals surface area contributed by atoms with E-state index < -0.39 is 0 Å². The Bertz CT molecular complexity index is 567. The molecule has 0 saturated heterocycles. The van der Waals surface area contributed by atoms with E-state index in [9.17, 15) is 0 Å². The molecule has 2 aromatic rings. The van der Waals surface area contributed by atoms with Crippen LogP contribution in [0.2, 0.25) is 0 Å². The van der Waals surface area contributed by atoms with Gasteiger partial charge in [-0.2, -0.15) is 0 Å². The van der Waals surface area contributed by atoms with Crippen molar-refractivity contribution in [2.45, 2.75) is 13.8 Å². The molecule has 2 rings (SSSR count). The van der Waals surface area contributed by atoms with Gasteiger partial charge in [-0.1, -0.05) is 13.8 Å². The van der Waals surface area contributed by atoms with Crippen molar-refractivity contribution in [3.05, 3.63) is 30.7 Å². The van der Waals surface area contributed by atoms with Gasteiger partial charge in [0.1, 0.15) is 18.0 Å². The summed E-state index contributed by atoms with van der Waals surface area (Å²) < 4.78 is 0. The van der Waals surface area contributed by atoms with Gasteiger partial charge in [-0.3, -0.25) is 0 Å². The van der Waals surface area contributed by atoms with Crippen molar-refractivity contribution in [2.24, 2.45) is 5.92 Å². The molecular weight excluding hydrogens is 276 g/mol. The first-order valence-electron chi connectivity index (χ1n) is 7.60. The minimum atomic E-state index is 0.572. The lowest BCUT2D eigenvalue weighted by Gasteiger charge is -2.09. The fourth-order valence-electron chi connectivity index (χ4n) is 1.89. The molecule has 0 bridgehead atoms. The van der Waals surface area contributed by atoms with E-state index in [1.807, 2.05) is 31.4 Å². The Labute approximate surface area is 131 Å². The molecule has 0 saturated carbocycles. The minimum Gasteiger partial charge on any atom is -0.370 e. The van der Waals surface area contributed by atoms with E-state index in [2.05, 4.69) is 44.7 Å². The second kappa shape index (κ2) is 8.29. The zero-order valence-corrected chi connectivity index (χ0v) is 13.4. The lowest BCUT2D eigenvalue weighted by Crippen LogP contribution is -2.18. The Morgan fingerprint density at radius 1 is 1.00 bits per heavy atom. The van der Waals surface area contributed by atoms with Crippen LogP contribution in [0.5, 0.6) is 0 Å². The zero-order chi connectivity index (χ0) is 15.8. The molecule has 2 aromatic heterocycles. The van der Waals surface area contributed by atoms with Gasteiger partial charge in [-0.25, -0.2) is 15.0 Å². The largest absolute Gasteiger partial charge is 0.370 e. The normalized spacial score (nSPS) is 10.7. The van der Waals surface area contributed by atoms with Gasteiger partial charge in [0.05, 0.1) is 5.69 Å². The van der Waals surface area contributed by atoms with E-state index in [0.29, 0.717) is 5.92 Å². The summed E-state index contributed by atoms with van der Waals surface area (Å²) >= 11 is 0. The first-order valence-corrected chi connectivity index (χ1v) is 7.60. The van der Waals surface area contributed by atoms with Gasteiger partial charge in [0.25, 0.3) is 0 Å². The number of hydrogen-bond acceptors (Lipinski definition) is 6. The predicted octanol–water partition coefficient (Wildman–Crippen LogP) is 2.24. The summed E-state index contributed by atoms with van der Waals surface area (Å²) in [7, 11) is 1.93. The third kappa shape index (κ3) is 4.96. The van der Waals surface area contributed by atoms with Crippen molar-refractivity contribution in [1.29, 1.82) is 0 Å². The van der Waals surface area contributed by atoms with E-state index in [-0.39, 0.29) is 0 Å². The fourth-order valence-corrected chi connectivity index (χ4v) is 1.89. The van der Waals surface area contributed by atoms with Crippen LogP contribution in [-0.2, 0) is 0 Å². The molecule has 6 heteroatoms. The maximum atomic E-state index is 4.41. The lowest BCUT2D eigenvalue weighted by molar-refractivity contribution is 0.687. The Kier molecular flexibility index (Phi) is 6.09. The van der Waals surface area contributed by atoms with Crippen LogP contribution in [0.15, 0.2) is 30.7 Å². The highest BCUT2D eigenvalue weighted by atomic mass is 15.0. The molecule has 0 aliphatic heterocycles. The third-order valence-electron chi connectivity index (χ3n) is 3.10. The van der Waals surface area contributed by atoms with Crippen molar-refractivity contribution in [3.63, 3.8) is 0 Å². The van der Waals surface area contributed by atoms with Crippen LogP contribution in [0, 0.1) is 5.92 Å². The highest BCUT2D eigenvalue weighted by molar-refractivity contribution is 5.62. The Morgan fingerprint density at radius 3 is 2.55 bits per heavy atom. The maximum absolute atomic E-state index is 4.41. The third-order valence-corrected chi connectivity index (χ3v) is 3.10. The predicted molar refractivity (Wildman–Crippen MR) is 91.0 cm³/mol. The zero-order valence-electron chi connectivity index (χ0n) is 13.4. The quantitative estimate of drug-likeness (QED) is 0.649. The molecule has 0 spiro atoms. The highest BCUT2D eigenvalue weighted by Gasteiger charge is 2.03. The first kappa shape index (κ1) is 16.2. The van der Waals surface area contributed by atoms with Gasteiger partial charge < -0.3 is 16.0 Å². The Hall–Kier alpha value is -2.21. The van der Waals surface area contributed by atoms with Gasteiger partial charge in [0.15, 0.2) is 0 Å². The van der Waals surface area contributed by atoms with Gasteiger partial charge >= 0.3 is 0 Å². The average Bonchev–Trinajstić information content (AvgIpc) is 2.54. The summed E-state index contributed by atoms with van der Waals surface area (Å²) in [4.78, 5) is 13.0. The summed E-state index contributed by atoms with van der Waals surface area (Å²) in [6, 6.07) is 5.94. The smallest absolute Gasteiger partial charge is 0.129 e. The molecule has 118 valence electrons. The summed E-state index contributed by atoms with van der Waals surface area (Å²) in [6.07, 6.45) is 3.41. The van der Waals surface area contributed by atoms with Crippen molar-refractivity contribution in [1.82, 2.24) is 20.3 Å². The molecule has 0 fully saturated rings. The van der Waals surface area contributed by atoms with Crippen molar-refractivity contribution in [2.75, 3.05) is 37.3 Å². The van der Waals surface area contributed by atoms with Crippen LogP contribution < -0.4 is 16.0 Å². The van der Waals surface area contributed by atoms with E-state index in [1.54, 1.807) is 6.33 Å². The van der Waals surface area contributed by atoms with Crippen LogP contribution >= 0.6 is 0 Å². The van der Waals surface area contributed by atoms with E-state index >= 15 is 0 Å². The molecule has 0 aliphatic rings. The summed E-state index contributed by atoms with van der Waals surface area (Å²) in [5.74, 6) is 2.28. The van der Waals surface area contributed by atoms with Gasteiger partial charge in [0, 0.05) is 37.5 Å². The van der Waals surface area contributed by atoms with Crippen molar-refractivity contribution in [3.8, 4) is 11.3 Å². The maximum Gasteiger partial charge on any atom is 0.129 e. The number of nitrogens with zero attached hydrogens (tertiary/aromatic N) is 3. The number of anilines is 2. The first-order chi connectivity index (χ1) is 10.7. The molecule has 2 heterocycles. The monoisotopic (exact) mass is 300 g/mol. The van der Waals surface area contributed by atoms with E-state index in [0.717, 1.165) is 42.5 Å². The highest BCUT2D eigenvalue weighted by Crippen LogP contribution is 2.19. The summed E-state index contributed by atoms with van der Waals surface area (Å²) in [6.45, 7) is 6.97. The summed E-state index contributed by atoms with van der Waals surface area (Å²) in [5, 5.41) is 9.65. The SMILES string of the molecule is CNCCNc1ccc(-c2cc(NCC(C)C)ncn2)cn1. The lowest BCUT2D eigenvalue weighted by atomic mass is 10.2. The molecule has 0 atom stereocenters. The van der Waals surface area contributed by atoms with Crippen LogP contribution in [-0.4, -0.2) is 41.6 Å². The topological polar surface area (TPSA) is 74.8 Å². The molecule has 6 nitrogen and oxygen atoms in total. The van der Waals surface area contributed by atoms with Gasteiger partial charge in [-0.05, 0) is 25.1 Å². The number of rotatable bonds is 8. The number of hydrogen-bond donors (Lipinski definition) is 3. The summed E-state index contributed by atoms with van der Waals surface area (Å²) in [5.41, 5.74) is 1.85. The van der Waals surface area contributed by atoms with Gasteiger partial charge in [0.2, 0.25) is 0 Å². The number of nitrogens with one attached hydrogen (secondary N) is 3. The van der Waals surface area contributed by atoms with Crippen LogP contribution in [0.4, 0.5) is 11.6 Å². The standard InChI is InChI=1S/C16H24N6/c1-12(2)9-19-16-8-14(21-11-22-16)13-4-5-15(20-10-13)18-7-6-17-3/h4-5,8,10-12,17H,6-7,9H2,1-3H3,(H,18,20)(H,19,21,22). The molecule has 3 N–H and O–H groups in total. The van der Waals surface area contributed by atoms with Crippen LogP contribution in [0.25, 0.3) is 11.3 Å². The van der Waals surface area contributed by atoms with E-state index in [1.165, 1.54) is 0 Å². The molecule has 0 aromatic carbocycles.